The predicted octanol–water partition coefficient (Wildman–Crippen LogP) is 2.75. The molecule has 26 heavy (non-hydrogen) atoms. The molecule has 1 aromatic heterocycles. The van der Waals surface area contributed by atoms with Crippen LogP contribution < -0.4 is 15.5 Å². The lowest BCUT2D eigenvalue weighted by Crippen LogP contribution is -2.44. The van der Waals surface area contributed by atoms with Crippen LogP contribution >= 0.6 is 0 Å². The van der Waals surface area contributed by atoms with E-state index in [2.05, 4.69) is 44.6 Å². The Bertz CT molecular complexity index is 546. The standard InChI is InChI=1S/C20H33N5O/c1-24-11-13-25(14-12-24)19-10-9-17(15-21-19)16-22-20(26)23-18-7-5-3-2-4-6-8-18/h9-10,15,18H,2-8,11-14,16H2,1H3,(H2,22,23,26). The van der Waals surface area contributed by atoms with Crippen molar-refractivity contribution in [3.63, 3.8) is 0 Å². The van der Waals surface area contributed by atoms with Crippen molar-refractivity contribution in [3.05, 3.63) is 23.9 Å². The van der Waals surface area contributed by atoms with Gasteiger partial charge in [-0.05, 0) is 31.5 Å². The van der Waals surface area contributed by atoms with E-state index in [4.69, 9.17) is 0 Å². The minimum Gasteiger partial charge on any atom is -0.354 e. The van der Waals surface area contributed by atoms with Gasteiger partial charge >= 0.3 is 6.03 Å². The zero-order valence-corrected chi connectivity index (χ0v) is 16.0. The van der Waals surface area contributed by atoms with Gasteiger partial charge in [0.1, 0.15) is 5.82 Å². The first-order chi connectivity index (χ1) is 12.7. The van der Waals surface area contributed by atoms with Crippen LogP contribution in [0.1, 0.15) is 50.5 Å². The SMILES string of the molecule is CN1CCN(c2ccc(CNC(=O)NC3CCCCCCC3)cn2)CC1. The number of hydrogen-bond acceptors (Lipinski definition) is 4. The Morgan fingerprint density at radius 2 is 1.77 bits per heavy atom. The van der Waals surface area contributed by atoms with E-state index in [0.717, 1.165) is 50.4 Å². The molecule has 0 bridgehead atoms. The van der Waals surface area contributed by atoms with Crippen molar-refractivity contribution in [3.8, 4) is 0 Å². The molecule has 3 rings (SSSR count). The van der Waals surface area contributed by atoms with Crippen molar-refractivity contribution < 1.29 is 4.79 Å². The maximum absolute atomic E-state index is 12.2. The molecule has 144 valence electrons. The Morgan fingerprint density at radius 1 is 1.08 bits per heavy atom. The van der Waals surface area contributed by atoms with Gasteiger partial charge in [0, 0.05) is 45.0 Å². The first-order valence-corrected chi connectivity index (χ1v) is 10.1. The Hall–Kier alpha value is -1.82. The van der Waals surface area contributed by atoms with E-state index in [1.54, 1.807) is 0 Å². The fraction of sp³-hybridized carbons (Fsp3) is 0.700. The van der Waals surface area contributed by atoms with Crippen LogP contribution in [0.4, 0.5) is 10.6 Å². The maximum atomic E-state index is 12.2. The highest BCUT2D eigenvalue weighted by Crippen LogP contribution is 2.17. The summed E-state index contributed by atoms with van der Waals surface area (Å²) in [4.78, 5) is 21.4. The smallest absolute Gasteiger partial charge is 0.315 e. The Labute approximate surface area is 157 Å². The van der Waals surface area contributed by atoms with E-state index >= 15 is 0 Å². The molecule has 2 fully saturated rings. The average molecular weight is 360 g/mol. The summed E-state index contributed by atoms with van der Waals surface area (Å²) < 4.78 is 0. The third-order valence-corrected chi connectivity index (χ3v) is 5.53. The van der Waals surface area contributed by atoms with Crippen molar-refractivity contribution in [2.75, 3.05) is 38.1 Å². The number of rotatable bonds is 4. The second-order valence-electron chi connectivity index (χ2n) is 7.68. The van der Waals surface area contributed by atoms with Crippen LogP contribution in [0, 0.1) is 0 Å². The molecule has 1 aliphatic carbocycles. The molecule has 1 saturated carbocycles. The summed E-state index contributed by atoms with van der Waals surface area (Å²) in [7, 11) is 2.15. The third-order valence-electron chi connectivity index (χ3n) is 5.53. The van der Waals surface area contributed by atoms with Crippen LogP contribution in [-0.4, -0.2) is 55.2 Å². The predicted molar refractivity (Wildman–Crippen MR) is 105 cm³/mol. The Kier molecular flexibility index (Phi) is 7.12. The van der Waals surface area contributed by atoms with Crippen molar-refractivity contribution in [2.45, 2.75) is 57.5 Å². The number of hydrogen-bond donors (Lipinski definition) is 2. The topological polar surface area (TPSA) is 60.5 Å². The van der Waals surface area contributed by atoms with Crippen molar-refractivity contribution in [1.82, 2.24) is 20.5 Å². The molecule has 2 amide bonds. The number of nitrogens with zero attached hydrogens (tertiary/aromatic N) is 3. The van der Waals surface area contributed by atoms with E-state index in [1.165, 1.54) is 32.1 Å². The van der Waals surface area contributed by atoms with E-state index in [9.17, 15) is 4.79 Å². The molecule has 2 aliphatic rings. The van der Waals surface area contributed by atoms with Crippen LogP contribution in [0.15, 0.2) is 18.3 Å². The molecule has 0 atom stereocenters. The summed E-state index contributed by atoms with van der Waals surface area (Å²) in [6.45, 7) is 4.71. The van der Waals surface area contributed by atoms with E-state index in [0.29, 0.717) is 12.6 Å². The van der Waals surface area contributed by atoms with Gasteiger partial charge in [-0.25, -0.2) is 9.78 Å². The molecule has 6 nitrogen and oxygen atoms in total. The molecular weight excluding hydrogens is 326 g/mol. The third kappa shape index (κ3) is 5.87. The van der Waals surface area contributed by atoms with Crippen molar-refractivity contribution in [1.29, 1.82) is 0 Å². The Balaban J connectivity index is 1.41. The van der Waals surface area contributed by atoms with Gasteiger partial charge in [-0.1, -0.05) is 38.2 Å². The molecule has 2 heterocycles. The minimum atomic E-state index is -0.0567. The molecular formula is C20H33N5O. The van der Waals surface area contributed by atoms with Crippen LogP contribution in [-0.2, 0) is 6.54 Å². The average Bonchev–Trinajstić information content (AvgIpc) is 2.63. The summed E-state index contributed by atoms with van der Waals surface area (Å²) in [5.41, 5.74) is 1.04. The van der Waals surface area contributed by atoms with Gasteiger partial charge in [0.05, 0.1) is 0 Å². The molecule has 1 aromatic rings. The number of amides is 2. The number of anilines is 1. The number of carbonyl (C=O) groups is 1. The van der Waals surface area contributed by atoms with E-state index < -0.39 is 0 Å². The number of pyridine rings is 1. The molecule has 0 unspecified atom stereocenters. The van der Waals surface area contributed by atoms with Crippen LogP contribution in [0.5, 0.6) is 0 Å². The van der Waals surface area contributed by atoms with Gasteiger partial charge in [-0.15, -0.1) is 0 Å². The van der Waals surface area contributed by atoms with Crippen LogP contribution in [0.2, 0.25) is 0 Å². The summed E-state index contributed by atoms with van der Waals surface area (Å²) in [5.74, 6) is 1.03. The number of carbonyl (C=O) groups excluding carboxylic acids is 1. The van der Waals surface area contributed by atoms with Gasteiger partial charge in [0.2, 0.25) is 0 Å². The highest BCUT2D eigenvalue weighted by Gasteiger charge is 2.16. The zero-order chi connectivity index (χ0) is 18.2. The van der Waals surface area contributed by atoms with Gasteiger partial charge < -0.3 is 20.4 Å². The van der Waals surface area contributed by atoms with Gasteiger partial charge in [0.25, 0.3) is 0 Å². The van der Waals surface area contributed by atoms with E-state index in [1.807, 2.05) is 6.20 Å². The largest absolute Gasteiger partial charge is 0.354 e. The lowest BCUT2D eigenvalue weighted by Gasteiger charge is -2.33. The minimum absolute atomic E-state index is 0.0567. The van der Waals surface area contributed by atoms with E-state index in [-0.39, 0.29) is 6.03 Å². The number of piperazine rings is 1. The molecule has 1 aliphatic heterocycles. The number of aromatic nitrogens is 1. The van der Waals surface area contributed by atoms with Crippen LogP contribution in [0.3, 0.4) is 0 Å². The summed E-state index contributed by atoms with van der Waals surface area (Å²) in [6.07, 6.45) is 10.5. The normalized spacial score (nSPS) is 20.3. The lowest BCUT2D eigenvalue weighted by atomic mass is 9.97. The lowest BCUT2D eigenvalue weighted by molar-refractivity contribution is 0.233. The highest BCUT2D eigenvalue weighted by atomic mass is 16.2. The summed E-state index contributed by atoms with van der Waals surface area (Å²) in [5, 5.41) is 6.12. The quantitative estimate of drug-likeness (QED) is 0.868. The Morgan fingerprint density at radius 3 is 2.42 bits per heavy atom. The number of likely N-dealkylation sites (N-methyl/N-ethyl adjacent to an activating group) is 1. The van der Waals surface area contributed by atoms with Gasteiger partial charge in [-0.3, -0.25) is 0 Å². The molecule has 6 heteroatoms. The van der Waals surface area contributed by atoms with Crippen LogP contribution in [0.25, 0.3) is 0 Å². The second-order valence-corrected chi connectivity index (χ2v) is 7.68. The first kappa shape index (κ1) is 19.0. The summed E-state index contributed by atoms with van der Waals surface area (Å²) >= 11 is 0. The van der Waals surface area contributed by atoms with Crippen molar-refractivity contribution in [2.24, 2.45) is 0 Å². The molecule has 2 N–H and O–H groups in total. The molecule has 0 spiro atoms. The second kappa shape index (κ2) is 9.76. The zero-order valence-electron chi connectivity index (χ0n) is 16.0. The number of nitrogens with one attached hydrogen (secondary N) is 2. The maximum Gasteiger partial charge on any atom is 0.315 e. The molecule has 1 saturated heterocycles. The van der Waals surface area contributed by atoms with Crippen molar-refractivity contribution >= 4 is 11.8 Å². The van der Waals surface area contributed by atoms with Gasteiger partial charge in [-0.2, -0.15) is 0 Å². The first-order valence-electron chi connectivity index (χ1n) is 10.1. The number of urea groups is 1. The monoisotopic (exact) mass is 359 g/mol. The fourth-order valence-corrected chi connectivity index (χ4v) is 3.76. The molecule has 0 radical (unpaired) electrons. The van der Waals surface area contributed by atoms with Gasteiger partial charge in [0.15, 0.2) is 0 Å². The highest BCUT2D eigenvalue weighted by molar-refractivity contribution is 5.74. The molecule has 0 aromatic carbocycles. The fourth-order valence-electron chi connectivity index (χ4n) is 3.76. The summed E-state index contributed by atoms with van der Waals surface area (Å²) in [6, 6.07) is 4.40.